The van der Waals surface area contributed by atoms with Crippen molar-refractivity contribution in [2.75, 3.05) is 6.16 Å². The van der Waals surface area contributed by atoms with E-state index in [1.165, 1.54) is 0 Å². The van der Waals surface area contributed by atoms with Gasteiger partial charge in [-0.25, -0.2) is 4.79 Å². The van der Waals surface area contributed by atoms with Crippen molar-refractivity contribution < 1.29 is 14.3 Å². The molecule has 1 N–H and O–H groups in total. The van der Waals surface area contributed by atoms with Gasteiger partial charge in [-0.3, -0.25) is 4.79 Å². The van der Waals surface area contributed by atoms with Crippen LogP contribution in [0.3, 0.4) is 0 Å². The Morgan fingerprint density at radius 3 is 1.53 bits per heavy atom. The van der Waals surface area contributed by atoms with Gasteiger partial charge in [-0.2, -0.15) is 0 Å². The van der Waals surface area contributed by atoms with Crippen molar-refractivity contribution in [1.82, 2.24) is 5.32 Å². The van der Waals surface area contributed by atoms with Crippen molar-refractivity contribution in [3.63, 3.8) is 0 Å². The van der Waals surface area contributed by atoms with Crippen LogP contribution in [-0.2, 0) is 20.9 Å². The Bertz CT molecular complexity index is 1200. The molecule has 4 rings (SSSR count). The number of nitrogens with one attached hydrogen (secondary N) is 1. The highest BCUT2D eigenvalue weighted by Crippen LogP contribution is 2.55. The molecule has 5 heteroatoms. The normalized spacial score (nSPS) is 12.1. The van der Waals surface area contributed by atoms with Gasteiger partial charge in [0.25, 0.3) is 5.91 Å². The first-order valence-electron chi connectivity index (χ1n) is 13.0. The second-order valence-electron chi connectivity index (χ2n) is 9.82. The summed E-state index contributed by atoms with van der Waals surface area (Å²) in [6.07, 6.45) is 0.762. The maximum Gasteiger partial charge on any atom is 0.328 e. The Labute approximate surface area is 226 Å². The van der Waals surface area contributed by atoms with Gasteiger partial charge in [0.2, 0.25) is 0 Å². The minimum atomic E-state index is -2.36. The number of carbonyl (C=O) groups is 2. The Hall–Kier alpha value is -3.75. The van der Waals surface area contributed by atoms with E-state index in [0.29, 0.717) is 6.42 Å². The number of hydrogen-bond donors (Lipinski definition) is 1. The van der Waals surface area contributed by atoms with E-state index in [-0.39, 0.29) is 24.6 Å². The molecule has 0 radical (unpaired) electrons. The van der Waals surface area contributed by atoms with E-state index in [4.69, 9.17) is 4.74 Å². The molecule has 1 atom stereocenters. The molecule has 0 saturated heterocycles. The second-order valence-corrected chi connectivity index (χ2v) is 13.3. The Balaban J connectivity index is 1.65. The van der Waals surface area contributed by atoms with Gasteiger partial charge in [-0.05, 0) is 54.3 Å². The van der Waals surface area contributed by atoms with Crippen molar-refractivity contribution in [3.05, 3.63) is 127 Å². The first-order valence-corrected chi connectivity index (χ1v) is 15.0. The maximum atomic E-state index is 13.9. The van der Waals surface area contributed by atoms with Crippen LogP contribution in [-0.4, -0.2) is 24.1 Å². The van der Waals surface area contributed by atoms with Crippen molar-refractivity contribution in [3.8, 4) is 0 Å². The Morgan fingerprint density at radius 1 is 0.684 bits per heavy atom. The number of esters is 1. The largest absolute Gasteiger partial charge is 0.459 e. The van der Waals surface area contributed by atoms with Crippen molar-refractivity contribution >= 4 is 35.1 Å². The number of rotatable bonds is 11. The van der Waals surface area contributed by atoms with Crippen LogP contribution in [0.15, 0.2) is 121 Å². The van der Waals surface area contributed by atoms with Crippen molar-refractivity contribution in [2.45, 2.75) is 32.9 Å². The Morgan fingerprint density at radius 2 is 1.11 bits per heavy atom. The highest BCUT2D eigenvalue weighted by atomic mass is 31.2. The summed E-state index contributed by atoms with van der Waals surface area (Å²) in [5.41, 5.74) is 0.914. The van der Waals surface area contributed by atoms with Gasteiger partial charge < -0.3 is 10.1 Å². The quantitative estimate of drug-likeness (QED) is 0.215. The summed E-state index contributed by atoms with van der Waals surface area (Å²) in [6, 6.07) is 39.7. The number of ether oxygens (including phenoxy) is 1. The molecule has 1 amide bonds. The lowest BCUT2D eigenvalue weighted by Gasteiger charge is -2.28. The van der Waals surface area contributed by atoms with Crippen LogP contribution in [0.4, 0.5) is 0 Å². The van der Waals surface area contributed by atoms with E-state index in [1.54, 1.807) is 0 Å². The first kappa shape index (κ1) is 27.3. The van der Waals surface area contributed by atoms with Crippen LogP contribution in [0.5, 0.6) is 0 Å². The number of hydrogen-bond acceptors (Lipinski definition) is 3. The maximum absolute atomic E-state index is 13.9. The second kappa shape index (κ2) is 13.2. The molecule has 4 nitrogen and oxygen atoms in total. The lowest BCUT2D eigenvalue weighted by molar-refractivity contribution is -0.149. The molecule has 0 aromatic heterocycles. The molecular formula is C33H35NO3P+. The molecule has 4 aromatic rings. The summed E-state index contributed by atoms with van der Waals surface area (Å²) < 4.78 is 5.63. The highest BCUT2D eigenvalue weighted by molar-refractivity contribution is 7.96. The minimum absolute atomic E-state index is 0.155. The van der Waals surface area contributed by atoms with Gasteiger partial charge in [-0.15, -0.1) is 0 Å². The Kier molecular flexibility index (Phi) is 9.46. The van der Waals surface area contributed by atoms with Gasteiger partial charge in [0, 0.05) is 0 Å². The molecule has 0 aliphatic heterocycles. The predicted octanol–water partition coefficient (Wildman–Crippen LogP) is 5.25. The van der Waals surface area contributed by atoms with Crippen LogP contribution in [0.1, 0.15) is 25.8 Å². The molecular weight excluding hydrogens is 489 g/mol. The topological polar surface area (TPSA) is 55.4 Å². The van der Waals surface area contributed by atoms with Crippen molar-refractivity contribution in [2.24, 2.45) is 5.92 Å². The molecule has 0 unspecified atom stereocenters. The van der Waals surface area contributed by atoms with Gasteiger partial charge in [0.05, 0.1) is 0 Å². The van der Waals surface area contributed by atoms with Crippen LogP contribution in [0.25, 0.3) is 0 Å². The molecule has 0 aliphatic carbocycles. The standard InChI is InChI=1S/C33H34NO3P/c1-26(2)23-31(33(36)37-24-27-15-7-3-8-16-27)34-32(35)25-38(28-17-9-4-10-18-28,29-19-11-5-12-20-29)30-21-13-6-14-22-30/h3-22,26,31H,23-25H2,1-2H3/p+1/t31-/m0/s1. The fraction of sp³-hybridized carbons (Fsp3) is 0.212. The summed E-state index contributed by atoms with van der Waals surface area (Å²) in [4.78, 5) is 27.0. The van der Waals surface area contributed by atoms with E-state index >= 15 is 0 Å². The zero-order valence-corrected chi connectivity index (χ0v) is 22.9. The lowest BCUT2D eigenvalue weighted by atomic mass is 10.0. The third-order valence-corrected chi connectivity index (χ3v) is 10.8. The molecule has 38 heavy (non-hydrogen) atoms. The molecule has 0 spiro atoms. The number of benzene rings is 4. The molecule has 4 aromatic carbocycles. The van der Waals surface area contributed by atoms with Crippen LogP contribution >= 0.6 is 7.26 Å². The molecule has 194 valence electrons. The summed E-state index contributed by atoms with van der Waals surface area (Å²) >= 11 is 0. The van der Waals surface area contributed by atoms with E-state index in [0.717, 1.165) is 21.5 Å². The molecule has 0 aliphatic rings. The molecule has 0 bridgehead atoms. The summed E-state index contributed by atoms with van der Waals surface area (Å²) in [6.45, 7) is 4.26. The smallest absolute Gasteiger partial charge is 0.328 e. The minimum Gasteiger partial charge on any atom is -0.459 e. The number of amides is 1. The van der Waals surface area contributed by atoms with Crippen LogP contribution < -0.4 is 21.2 Å². The third-order valence-electron chi connectivity index (χ3n) is 6.52. The SMILES string of the molecule is CC(C)C[C@H](NC(=O)C[P+](c1ccccc1)(c1ccccc1)c1ccccc1)C(=O)OCc1ccccc1. The predicted molar refractivity (Wildman–Crippen MR) is 158 cm³/mol. The summed E-state index contributed by atoms with van der Waals surface area (Å²) in [7, 11) is -2.36. The summed E-state index contributed by atoms with van der Waals surface area (Å²) in [5.74, 6) is -0.349. The number of carbonyl (C=O) groups excluding carboxylic acids is 2. The molecule has 0 saturated carbocycles. The third kappa shape index (κ3) is 6.76. The fourth-order valence-corrected chi connectivity index (χ4v) is 8.75. The van der Waals surface area contributed by atoms with Gasteiger partial charge in [0.15, 0.2) is 6.16 Å². The summed E-state index contributed by atoms with van der Waals surface area (Å²) in [5, 5.41) is 6.44. The zero-order chi connectivity index (χ0) is 26.8. The van der Waals surface area contributed by atoms with Gasteiger partial charge in [0.1, 0.15) is 35.8 Å². The molecule has 0 fully saturated rings. The van der Waals surface area contributed by atoms with E-state index in [1.807, 2.05) is 98.8 Å². The first-order chi connectivity index (χ1) is 18.5. The van der Waals surface area contributed by atoms with Crippen LogP contribution in [0, 0.1) is 5.92 Å². The van der Waals surface area contributed by atoms with Gasteiger partial charge >= 0.3 is 5.97 Å². The average molecular weight is 525 g/mol. The van der Waals surface area contributed by atoms with E-state index < -0.39 is 19.3 Å². The lowest BCUT2D eigenvalue weighted by Crippen LogP contribution is -2.46. The fourth-order valence-electron chi connectivity index (χ4n) is 4.74. The average Bonchev–Trinajstić information content (AvgIpc) is 2.96. The van der Waals surface area contributed by atoms with Crippen molar-refractivity contribution in [1.29, 1.82) is 0 Å². The van der Waals surface area contributed by atoms with E-state index in [2.05, 4.69) is 41.7 Å². The highest BCUT2D eigenvalue weighted by Gasteiger charge is 2.47. The molecule has 0 heterocycles. The van der Waals surface area contributed by atoms with E-state index in [9.17, 15) is 9.59 Å². The van der Waals surface area contributed by atoms with Crippen LogP contribution in [0.2, 0.25) is 0 Å². The van der Waals surface area contributed by atoms with Gasteiger partial charge in [-0.1, -0.05) is 98.8 Å². The monoisotopic (exact) mass is 524 g/mol. The zero-order valence-electron chi connectivity index (χ0n) is 22.0.